The van der Waals surface area contributed by atoms with Gasteiger partial charge in [0.1, 0.15) is 5.60 Å². The molecule has 1 heteroatoms. The molecule has 3 rings (SSSR count). The predicted octanol–water partition coefficient (Wildman–Crippen LogP) is 5.24. The Bertz CT molecular complexity index is 534. The van der Waals surface area contributed by atoms with Crippen LogP contribution in [0, 0.1) is 24.2 Å². The fraction of sp³-hybridized carbons (Fsp3) is 0.600. The number of benzene rings is 1. The van der Waals surface area contributed by atoms with E-state index in [0.29, 0.717) is 11.3 Å². The van der Waals surface area contributed by atoms with Crippen molar-refractivity contribution in [2.45, 2.75) is 52.6 Å². The molecule has 0 radical (unpaired) electrons. The second-order valence-corrected chi connectivity index (χ2v) is 8.09. The van der Waals surface area contributed by atoms with Crippen LogP contribution in [0.2, 0.25) is 0 Å². The maximum Gasteiger partial charge on any atom is 0.100 e. The molecule has 1 saturated heterocycles. The highest BCUT2D eigenvalue weighted by atomic mass is 16.5. The molecule has 1 aromatic rings. The predicted molar refractivity (Wildman–Crippen MR) is 88.2 cm³/mol. The molecule has 1 saturated carbocycles. The van der Waals surface area contributed by atoms with E-state index in [1.165, 1.54) is 29.5 Å². The Morgan fingerprint density at radius 2 is 1.86 bits per heavy atom. The number of rotatable bonds is 1. The molecule has 21 heavy (non-hydrogen) atoms. The van der Waals surface area contributed by atoms with Crippen LogP contribution in [0.15, 0.2) is 36.4 Å². The summed E-state index contributed by atoms with van der Waals surface area (Å²) in [7, 11) is 0. The van der Waals surface area contributed by atoms with Gasteiger partial charge in [0.05, 0.1) is 6.61 Å². The van der Waals surface area contributed by atoms with Crippen molar-refractivity contribution in [1.82, 2.24) is 0 Å². The third-order valence-corrected chi connectivity index (χ3v) is 5.72. The van der Waals surface area contributed by atoms with Gasteiger partial charge in [-0.1, -0.05) is 57.2 Å². The molecular weight excluding hydrogens is 256 g/mol. The van der Waals surface area contributed by atoms with Crippen LogP contribution in [0.5, 0.6) is 0 Å². The zero-order valence-electron chi connectivity index (χ0n) is 13.9. The summed E-state index contributed by atoms with van der Waals surface area (Å²) in [5.41, 5.74) is 4.23. The lowest BCUT2D eigenvalue weighted by atomic mass is 9.61. The number of ether oxygens (including phenoxy) is 1. The van der Waals surface area contributed by atoms with E-state index in [1.54, 1.807) is 0 Å². The minimum absolute atomic E-state index is 0.105. The Morgan fingerprint density at radius 3 is 2.48 bits per heavy atom. The van der Waals surface area contributed by atoms with Crippen molar-refractivity contribution in [2.75, 3.05) is 6.61 Å². The molecule has 1 aromatic carbocycles. The molecule has 0 amide bonds. The smallest absolute Gasteiger partial charge is 0.100 e. The van der Waals surface area contributed by atoms with Crippen LogP contribution in [-0.2, 0) is 10.3 Å². The minimum atomic E-state index is -0.105. The van der Waals surface area contributed by atoms with E-state index >= 15 is 0 Å². The summed E-state index contributed by atoms with van der Waals surface area (Å²) >= 11 is 0. The molecule has 0 unspecified atom stereocenters. The zero-order chi connectivity index (χ0) is 15.3. The molecule has 2 aliphatic rings. The Labute approximate surface area is 129 Å². The van der Waals surface area contributed by atoms with Gasteiger partial charge in [0, 0.05) is 5.92 Å². The SMILES string of the molecule is C=C1CO[C@@]2(c3ccc(C)cc3)CC[C@@H](C(C)(C)C)C[C@@H]12. The summed E-state index contributed by atoms with van der Waals surface area (Å²) in [5.74, 6) is 1.25. The lowest BCUT2D eigenvalue weighted by Gasteiger charge is -2.46. The van der Waals surface area contributed by atoms with E-state index in [1.807, 2.05) is 0 Å². The summed E-state index contributed by atoms with van der Waals surface area (Å²) in [6, 6.07) is 8.94. The summed E-state index contributed by atoms with van der Waals surface area (Å²) < 4.78 is 6.34. The highest BCUT2D eigenvalue weighted by molar-refractivity contribution is 5.33. The first kappa shape index (κ1) is 14.8. The average molecular weight is 284 g/mol. The summed E-state index contributed by atoms with van der Waals surface area (Å²) in [6.45, 7) is 14.3. The Kier molecular flexibility index (Phi) is 3.52. The Morgan fingerprint density at radius 1 is 1.19 bits per heavy atom. The van der Waals surface area contributed by atoms with Crippen molar-refractivity contribution < 1.29 is 4.74 Å². The van der Waals surface area contributed by atoms with Crippen molar-refractivity contribution >= 4 is 0 Å². The van der Waals surface area contributed by atoms with Gasteiger partial charge in [0.25, 0.3) is 0 Å². The van der Waals surface area contributed by atoms with Crippen LogP contribution in [-0.4, -0.2) is 6.61 Å². The van der Waals surface area contributed by atoms with Crippen LogP contribution in [0.3, 0.4) is 0 Å². The fourth-order valence-corrected chi connectivity index (χ4v) is 4.20. The topological polar surface area (TPSA) is 9.23 Å². The fourth-order valence-electron chi connectivity index (χ4n) is 4.20. The van der Waals surface area contributed by atoms with Crippen molar-refractivity contribution in [1.29, 1.82) is 0 Å². The molecule has 0 bridgehead atoms. The maximum atomic E-state index is 6.34. The van der Waals surface area contributed by atoms with E-state index < -0.39 is 0 Å². The van der Waals surface area contributed by atoms with Gasteiger partial charge in [-0.15, -0.1) is 0 Å². The van der Waals surface area contributed by atoms with Crippen molar-refractivity contribution in [2.24, 2.45) is 17.3 Å². The van der Waals surface area contributed by atoms with Crippen LogP contribution in [0.25, 0.3) is 0 Å². The zero-order valence-corrected chi connectivity index (χ0v) is 13.9. The monoisotopic (exact) mass is 284 g/mol. The molecule has 1 nitrogen and oxygen atoms in total. The molecule has 3 atom stereocenters. The van der Waals surface area contributed by atoms with Gasteiger partial charge in [-0.05, 0) is 48.7 Å². The normalized spacial score (nSPS) is 33.0. The molecular formula is C20H28O. The second kappa shape index (κ2) is 4.98. The quantitative estimate of drug-likeness (QED) is 0.641. The number of hydrogen-bond acceptors (Lipinski definition) is 1. The van der Waals surface area contributed by atoms with Crippen LogP contribution < -0.4 is 0 Å². The molecule has 1 heterocycles. The molecule has 0 spiro atoms. The van der Waals surface area contributed by atoms with Crippen molar-refractivity contribution in [3.05, 3.63) is 47.5 Å². The number of fused-ring (bicyclic) bond motifs is 1. The molecule has 0 aromatic heterocycles. The maximum absolute atomic E-state index is 6.34. The van der Waals surface area contributed by atoms with Gasteiger partial charge in [-0.2, -0.15) is 0 Å². The highest BCUT2D eigenvalue weighted by Gasteiger charge is 2.52. The van der Waals surface area contributed by atoms with Crippen LogP contribution in [0.1, 0.15) is 51.2 Å². The van der Waals surface area contributed by atoms with Gasteiger partial charge in [0.15, 0.2) is 0 Å². The van der Waals surface area contributed by atoms with Gasteiger partial charge in [-0.3, -0.25) is 0 Å². The second-order valence-electron chi connectivity index (χ2n) is 8.09. The number of aryl methyl sites for hydroxylation is 1. The molecule has 1 aliphatic heterocycles. The van der Waals surface area contributed by atoms with E-state index in [0.717, 1.165) is 18.9 Å². The van der Waals surface area contributed by atoms with Crippen LogP contribution >= 0.6 is 0 Å². The first-order valence-corrected chi connectivity index (χ1v) is 8.22. The minimum Gasteiger partial charge on any atom is -0.365 e. The summed E-state index contributed by atoms with van der Waals surface area (Å²) in [5, 5.41) is 0. The van der Waals surface area contributed by atoms with Crippen LogP contribution in [0.4, 0.5) is 0 Å². The van der Waals surface area contributed by atoms with E-state index in [9.17, 15) is 0 Å². The average Bonchev–Trinajstić information content (AvgIpc) is 2.77. The first-order chi connectivity index (χ1) is 9.83. The third kappa shape index (κ3) is 2.46. The Balaban J connectivity index is 1.95. The van der Waals surface area contributed by atoms with E-state index in [-0.39, 0.29) is 5.60 Å². The van der Waals surface area contributed by atoms with E-state index in [4.69, 9.17) is 4.74 Å². The van der Waals surface area contributed by atoms with Gasteiger partial charge >= 0.3 is 0 Å². The van der Waals surface area contributed by atoms with Gasteiger partial charge < -0.3 is 4.74 Å². The summed E-state index contributed by atoms with van der Waals surface area (Å²) in [6.07, 6.45) is 3.60. The van der Waals surface area contributed by atoms with Crippen molar-refractivity contribution in [3.8, 4) is 0 Å². The standard InChI is InChI=1S/C20H28O/c1-14-6-8-16(9-7-14)20-11-10-17(19(3,4)5)12-18(20)15(2)13-21-20/h6-9,17-18H,2,10-13H2,1,3-5H3/t17-,18+,20-/m1/s1. The lowest BCUT2D eigenvalue weighted by molar-refractivity contribution is -0.0715. The van der Waals surface area contributed by atoms with Gasteiger partial charge in [-0.25, -0.2) is 0 Å². The largest absolute Gasteiger partial charge is 0.365 e. The first-order valence-electron chi connectivity index (χ1n) is 8.22. The molecule has 0 N–H and O–H groups in total. The highest BCUT2D eigenvalue weighted by Crippen LogP contribution is 2.56. The molecule has 1 aliphatic carbocycles. The molecule has 2 fully saturated rings. The third-order valence-electron chi connectivity index (χ3n) is 5.72. The lowest BCUT2D eigenvalue weighted by Crippen LogP contribution is -2.41. The Hall–Kier alpha value is -1.08. The number of hydrogen-bond donors (Lipinski definition) is 0. The summed E-state index contributed by atoms with van der Waals surface area (Å²) in [4.78, 5) is 0. The van der Waals surface area contributed by atoms with Crippen molar-refractivity contribution in [3.63, 3.8) is 0 Å². The van der Waals surface area contributed by atoms with Gasteiger partial charge in [0.2, 0.25) is 0 Å². The molecule has 114 valence electrons. The van der Waals surface area contributed by atoms with E-state index in [2.05, 4.69) is 58.5 Å².